The van der Waals surface area contributed by atoms with Crippen LogP contribution in [0.5, 0.6) is 11.6 Å². The Morgan fingerprint density at radius 3 is 2.56 bits per heavy atom. The summed E-state index contributed by atoms with van der Waals surface area (Å²) in [5, 5.41) is -0.629. The molecule has 0 aliphatic heterocycles. The molecule has 0 saturated heterocycles. The van der Waals surface area contributed by atoms with Crippen LogP contribution in [0.3, 0.4) is 0 Å². The SMILES string of the molecule is CC#CC(=O)N(C)c1cccc(Oc2ncc(C)cc2NS(=O)(=O)c2ccc(Cl)c(C(F)(F)F)c2)c1. The molecule has 0 aliphatic carbocycles. The maximum atomic E-state index is 13.2. The molecule has 0 atom stereocenters. The Labute approximate surface area is 210 Å². The molecule has 2 aromatic carbocycles. The third-order valence-electron chi connectivity index (χ3n) is 4.74. The van der Waals surface area contributed by atoms with E-state index in [1.54, 1.807) is 25.1 Å². The normalized spacial score (nSPS) is 11.3. The number of nitrogens with one attached hydrogen (secondary N) is 1. The Bertz CT molecular complexity index is 1480. The number of pyridine rings is 1. The maximum absolute atomic E-state index is 13.2. The summed E-state index contributed by atoms with van der Waals surface area (Å²) in [6, 6.07) is 10.0. The monoisotopic (exact) mass is 537 g/mol. The zero-order chi connectivity index (χ0) is 26.7. The van der Waals surface area contributed by atoms with Gasteiger partial charge < -0.3 is 9.64 Å². The summed E-state index contributed by atoms with van der Waals surface area (Å²) in [6.45, 7) is 3.18. The zero-order valence-corrected chi connectivity index (χ0v) is 20.7. The van der Waals surface area contributed by atoms with Gasteiger partial charge in [-0.3, -0.25) is 9.52 Å². The van der Waals surface area contributed by atoms with Crippen LogP contribution in [0.25, 0.3) is 0 Å². The van der Waals surface area contributed by atoms with E-state index in [9.17, 15) is 26.4 Å². The Hall–Kier alpha value is -3.75. The topological polar surface area (TPSA) is 88.6 Å². The summed E-state index contributed by atoms with van der Waals surface area (Å²) in [7, 11) is -2.96. The lowest BCUT2D eigenvalue weighted by Gasteiger charge is -2.17. The van der Waals surface area contributed by atoms with Gasteiger partial charge in [0, 0.05) is 25.0 Å². The van der Waals surface area contributed by atoms with Crippen LogP contribution < -0.4 is 14.4 Å². The Morgan fingerprint density at radius 2 is 1.89 bits per heavy atom. The van der Waals surface area contributed by atoms with E-state index in [2.05, 4.69) is 21.5 Å². The molecule has 188 valence electrons. The molecular weight excluding hydrogens is 519 g/mol. The lowest BCUT2D eigenvalue weighted by Crippen LogP contribution is -2.24. The minimum Gasteiger partial charge on any atom is -0.437 e. The molecule has 1 N–H and O–H groups in total. The van der Waals surface area contributed by atoms with Crippen molar-refractivity contribution in [3.63, 3.8) is 0 Å². The highest BCUT2D eigenvalue weighted by atomic mass is 35.5. The van der Waals surface area contributed by atoms with E-state index in [-0.39, 0.29) is 17.3 Å². The van der Waals surface area contributed by atoms with Crippen LogP contribution in [0.2, 0.25) is 5.02 Å². The van der Waals surface area contributed by atoms with Crippen molar-refractivity contribution in [2.24, 2.45) is 0 Å². The number of halogens is 4. The number of hydrogen-bond donors (Lipinski definition) is 1. The molecule has 0 fully saturated rings. The molecule has 0 aliphatic rings. The fourth-order valence-electron chi connectivity index (χ4n) is 2.98. The average Bonchev–Trinajstić information content (AvgIpc) is 2.80. The summed E-state index contributed by atoms with van der Waals surface area (Å²) in [6.07, 6.45) is -3.42. The number of sulfonamides is 1. The number of hydrogen-bond acceptors (Lipinski definition) is 5. The third kappa shape index (κ3) is 6.27. The van der Waals surface area contributed by atoms with Gasteiger partial charge in [0.1, 0.15) is 11.4 Å². The molecule has 36 heavy (non-hydrogen) atoms. The number of anilines is 2. The molecule has 0 unspecified atom stereocenters. The fraction of sp³-hybridized carbons (Fsp3) is 0.167. The predicted octanol–water partition coefficient (Wildman–Crippen LogP) is 5.64. The second kappa shape index (κ2) is 10.5. The number of rotatable bonds is 6. The van der Waals surface area contributed by atoms with E-state index in [1.807, 2.05) is 0 Å². The molecule has 1 heterocycles. The van der Waals surface area contributed by atoms with Gasteiger partial charge in [0.05, 0.1) is 15.5 Å². The minimum absolute atomic E-state index is 0.106. The summed E-state index contributed by atoms with van der Waals surface area (Å²) < 4.78 is 73.5. The molecule has 0 spiro atoms. The molecule has 3 aromatic rings. The number of aromatic nitrogens is 1. The minimum atomic E-state index is -4.84. The summed E-state index contributed by atoms with van der Waals surface area (Å²) >= 11 is 5.60. The first-order valence-electron chi connectivity index (χ1n) is 10.2. The van der Waals surface area contributed by atoms with Crippen molar-refractivity contribution >= 4 is 38.9 Å². The van der Waals surface area contributed by atoms with Crippen molar-refractivity contribution in [2.75, 3.05) is 16.7 Å². The van der Waals surface area contributed by atoms with Crippen molar-refractivity contribution in [3.05, 3.63) is 70.9 Å². The van der Waals surface area contributed by atoms with Gasteiger partial charge in [0.2, 0.25) is 5.88 Å². The van der Waals surface area contributed by atoms with E-state index in [0.29, 0.717) is 17.3 Å². The van der Waals surface area contributed by atoms with Crippen molar-refractivity contribution < 1.29 is 31.1 Å². The van der Waals surface area contributed by atoms with Crippen LogP contribution in [0, 0.1) is 18.8 Å². The van der Waals surface area contributed by atoms with Gasteiger partial charge in [0.15, 0.2) is 0 Å². The molecule has 1 amide bonds. The number of carbonyl (C=O) groups excluding carboxylic acids is 1. The van der Waals surface area contributed by atoms with Gasteiger partial charge in [-0.25, -0.2) is 13.4 Å². The summed E-state index contributed by atoms with van der Waals surface area (Å²) in [5.41, 5.74) is -0.376. The van der Waals surface area contributed by atoms with Gasteiger partial charge in [0.25, 0.3) is 10.0 Å². The Morgan fingerprint density at radius 1 is 1.17 bits per heavy atom. The first kappa shape index (κ1) is 26.8. The van der Waals surface area contributed by atoms with E-state index < -0.39 is 37.6 Å². The molecule has 3 rings (SSSR count). The number of aryl methyl sites for hydroxylation is 1. The largest absolute Gasteiger partial charge is 0.437 e. The Kier molecular flexibility index (Phi) is 7.81. The van der Waals surface area contributed by atoms with Crippen LogP contribution in [-0.2, 0) is 21.0 Å². The smallest absolute Gasteiger partial charge is 0.417 e. The third-order valence-corrected chi connectivity index (χ3v) is 6.43. The molecule has 0 radical (unpaired) electrons. The first-order valence-corrected chi connectivity index (χ1v) is 12.0. The van der Waals surface area contributed by atoms with E-state index >= 15 is 0 Å². The number of nitrogens with zero attached hydrogens (tertiary/aromatic N) is 2. The van der Waals surface area contributed by atoms with Gasteiger partial charge in [-0.15, -0.1) is 0 Å². The molecule has 12 heteroatoms. The lowest BCUT2D eigenvalue weighted by atomic mass is 10.2. The van der Waals surface area contributed by atoms with E-state index in [4.69, 9.17) is 16.3 Å². The first-order chi connectivity index (χ1) is 16.8. The van der Waals surface area contributed by atoms with Crippen LogP contribution in [0.4, 0.5) is 24.5 Å². The quantitative estimate of drug-likeness (QED) is 0.411. The van der Waals surface area contributed by atoms with E-state index in [0.717, 1.165) is 12.1 Å². The van der Waals surface area contributed by atoms with Crippen LogP contribution >= 0.6 is 11.6 Å². The highest BCUT2D eigenvalue weighted by molar-refractivity contribution is 7.92. The average molecular weight is 538 g/mol. The standard InChI is InChI=1S/C24H19ClF3N3O4S/c1-4-6-22(32)31(3)16-7-5-8-17(12-16)35-23-21(11-15(2)14-29-23)30-36(33,34)18-9-10-20(25)19(13-18)24(26,27)28/h5,7-14,30H,1-3H3. The van der Waals surface area contributed by atoms with Gasteiger partial charge in [-0.2, -0.15) is 13.2 Å². The van der Waals surface area contributed by atoms with Crippen LogP contribution in [-0.4, -0.2) is 26.4 Å². The second-order valence-corrected chi connectivity index (χ2v) is 9.54. The fourth-order valence-corrected chi connectivity index (χ4v) is 4.28. The second-order valence-electron chi connectivity index (χ2n) is 7.45. The van der Waals surface area contributed by atoms with Crippen molar-refractivity contribution in [3.8, 4) is 23.5 Å². The molecule has 0 saturated carbocycles. The van der Waals surface area contributed by atoms with Gasteiger partial charge >= 0.3 is 12.1 Å². The highest BCUT2D eigenvalue weighted by Crippen LogP contribution is 2.37. The Balaban J connectivity index is 1.95. The van der Waals surface area contributed by atoms with Gasteiger partial charge in [-0.05, 0) is 61.7 Å². The number of ether oxygens (including phenoxy) is 1. The van der Waals surface area contributed by atoms with Crippen LogP contribution in [0.1, 0.15) is 18.1 Å². The summed E-state index contributed by atoms with van der Waals surface area (Å²) in [4.78, 5) is 16.8. The number of carbonyl (C=O) groups is 1. The van der Waals surface area contributed by atoms with Crippen molar-refractivity contribution in [1.29, 1.82) is 0 Å². The van der Waals surface area contributed by atoms with Gasteiger partial charge in [-0.1, -0.05) is 23.6 Å². The zero-order valence-electron chi connectivity index (χ0n) is 19.1. The molecule has 0 bridgehead atoms. The summed E-state index contributed by atoms with van der Waals surface area (Å²) in [5.74, 6) is 4.55. The number of alkyl halides is 3. The lowest BCUT2D eigenvalue weighted by molar-refractivity contribution is -0.137. The number of benzene rings is 2. The highest BCUT2D eigenvalue weighted by Gasteiger charge is 2.34. The van der Waals surface area contributed by atoms with E-state index in [1.165, 1.54) is 37.2 Å². The molecular formula is C24H19ClF3N3O4S. The number of amides is 1. The van der Waals surface area contributed by atoms with Crippen LogP contribution in [0.15, 0.2) is 59.6 Å². The molecule has 7 nitrogen and oxygen atoms in total. The van der Waals surface area contributed by atoms with Crippen molar-refractivity contribution in [2.45, 2.75) is 24.9 Å². The molecule has 1 aromatic heterocycles. The maximum Gasteiger partial charge on any atom is 0.417 e. The van der Waals surface area contributed by atoms with Crippen molar-refractivity contribution in [1.82, 2.24) is 4.98 Å². The predicted molar refractivity (Wildman–Crippen MR) is 130 cm³/mol.